The topological polar surface area (TPSA) is 55.5 Å². The highest BCUT2D eigenvalue weighted by atomic mass is 16.4. The molecule has 5 heteroatoms. The van der Waals surface area contributed by atoms with Crippen molar-refractivity contribution in [3.63, 3.8) is 0 Å². The van der Waals surface area contributed by atoms with E-state index in [-0.39, 0.29) is 5.91 Å². The van der Waals surface area contributed by atoms with E-state index in [2.05, 4.69) is 24.3 Å². The number of rotatable bonds is 5. The predicted octanol–water partition coefficient (Wildman–Crippen LogP) is 4.74. The first kappa shape index (κ1) is 20.3. The zero-order chi connectivity index (χ0) is 21.9. The summed E-state index contributed by atoms with van der Waals surface area (Å²) < 4.78 is 7.00. The van der Waals surface area contributed by atoms with Crippen molar-refractivity contribution in [1.82, 2.24) is 9.47 Å². The van der Waals surface area contributed by atoms with Crippen LogP contribution in [-0.2, 0) is 13.0 Å². The first-order chi connectivity index (χ1) is 15.7. The summed E-state index contributed by atoms with van der Waals surface area (Å²) in [6.07, 6.45) is 3.08. The maximum Gasteiger partial charge on any atom is 0.420 e. The summed E-state index contributed by atoms with van der Waals surface area (Å²) in [4.78, 5) is 27.5. The Morgan fingerprint density at radius 2 is 1.53 bits per heavy atom. The lowest BCUT2D eigenvalue weighted by Gasteiger charge is -2.32. The Hall–Kier alpha value is -3.60. The number of carbonyl (C=O) groups excluding carboxylic acids is 1. The minimum absolute atomic E-state index is 0.0185. The van der Waals surface area contributed by atoms with Crippen molar-refractivity contribution >= 4 is 17.0 Å². The number of benzene rings is 3. The molecule has 1 aliphatic heterocycles. The quantitative estimate of drug-likeness (QED) is 0.463. The van der Waals surface area contributed by atoms with Gasteiger partial charge in [0.15, 0.2) is 5.58 Å². The van der Waals surface area contributed by atoms with Crippen molar-refractivity contribution in [2.75, 3.05) is 13.1 Å². The third kappa shape index (κ3) is 4.24. The Bertz CT molecular complexity index is 1270. The van der Waals surface area contributed by atoms with Crippen LogP contribution in [0.4, 0.5) is 0 Å². The molecule has 0 saturated carbocycles. The standard InChI is InChI=1S/C27H26N2O3/c30-26(28-15-13-21(14-16-28)17-20-7-3-1-4-8-20)23-11-12-25-24(18-23)29(27(31)32-25)19-22-9-5-2-6-10-22/h1-12,18,21H,13-17,19H2. The van der Waals surface area contributed by atoms with E-state index < -0.39 is 5.76 Å². The van der Waals surface area contributed by atoms with Crippen molar-refractivity contribution in [3.05, 3.63) is 106 Å². The van der Waals surface area contributed by atoms with E-state index in [1.54, 1.807) is 22.8 Å². The minimum Gasteiger partial charge on any atom is -0.408 e. The van der Waals surface area contributed by atoms with E-state index in [1.165, 1.54) is 5.56 Å². The molecule has 1 amide bonds. The third-order valence-corrected chi connectivity index (χ3v) is 6.37. The lowest BCUT2D eigenvalue weighted by atomic mass is 9.90. The van der Waals surface area contributed by atoms with Gasteiger partial charge in [-0.1, -0.05) is 60.7 Å². The summed E-state index contributed by atoms with van der Waals surface area (Å²) in [6, 6.07) is 25.6. The molecule has 3 aromatic carbocycles. The Morgan fingerprint density at radius 3 is 2.22 bits per heavy atom. The predicted molar refractivity (Wildman–Crippen MR) is 125 cm³/mol. The fourth-order valence-electron chi connectivity index (χ4n) is 4.58. The second-order valence-electron chi connectivity index (χ2n) is 8.55. The highest BCUT2D eigenvalue weighted by Gasteiger charge is 2.24. The highest BCUT2D eigenvalue weighted by Crippen LogP contribution is 2.24. The van der Waals surface area contributed by atoms with E-state index in [0.29, 0.717) is 29.1 Å². The SMILES string of the molecule is O=C(c1ccc2oc(=O)n(Cc3ccccc3)c2c1)N1CCC(Cc2ccccc2)CC1. The van der Waals surface area contributed by atoms with Gasteiger partial charge in [0.1, 0.15) is 0 Å². The average molecular weight is 427 g/mol. The van der Waals surface area contributed by atoms with Crippen LogP contribution in [0.5, 0.6) is 0 Å². The summed E-state index contributed by atoms with van der Waals surface area (Å²) >= 11 is 0. The van der Waals surface area contributed by atoms with Crippen molar-refractivity contribution in [2.45, 2.75) is 25.8 Å². The second kappa shape index (κ2) is 8.87. The van der Waals surface area contributed by atoms with Crippen LogP contribution in [0.1, 0.15) is 34.3 Å². The molecular formula is C27H26N2O3. The number of hydrogen-bond donors (Lipinski definition) is 0. The van der Waals surface area contributed by atoms with Gasteiger partial charge in [-0.05, 0) is 54.5 Å². The van der Waals surface area contributed by atoms with Gasteiger partial charge in [0.25, 0.3) is 5.91 Å². The molecule has 1 aliphatic rings. The Labute approximate surface area is 186 Å². The number of aromatic nitrogens is 1. The largest absolute Gasteiger partial charge is 0.420 e. The van der Waals surface area contributed by atoms with E-state index in [1.807, 2.05) is 41.3 Å². The van der Waals surface area contributed by atoms with Gasteiger partial charge in [0, 0.05) is 18.7 Å². The van der Waals surface area contributed by atoms with Crippen molar-refractivity contribution in [2.24, 2.45) is 5.92 Å². The van der Waals surface area contributed by atoms with Gasteiger partial charge in [-0.3, -0.25) is 9.36 Å². The molecule has 0 aliphatic carbocycles. The zero-order valence-electron chi connectivity index (χ0n) is 17.9. The average Bonchev–Trinajstić information content (AvgIpc) is 3.14. The van der Waals surface area contributed by atoms with E-state index >= 15 is 0 Å². The molecule has 1 fully saturated rings. The van der Waals surface area contributed by atoms with Crippen LogP contribution >= 0.6 is 0 Å². The number of amides is 1. The molecule has 5 rings (SSSR count). The van der Waals surface area contributed by atoms with Gasteiger partial charge < -0.3 is 9.32 Å². The third-order valence-electron chi connectivity index (χ3n) is 6.37. The number of fused-ring (bicyclic) bond motifs is 1. The fraction of sp³-hybridized carbons (Fsp3) is 0.259. The molecule has 4 aromatic rings. The Morgan fingerprint density at radius 1 is 0.875 bits per heavy atom. The van der Waals surface area contributed by atoms with Gasteiger partial charge >= 0.3 is 5.76 Å². The summed E-state index contributed by atoms with van der Waals surface area (Å²) in [7, 11) is 0. The lowest BCUT2D eigenvalue weighted by Crippen LogP contribution is -2.38. The van der Waals surface area contributed by atoms with Crippen LogP contribution in [0.3, 0.4) is 0 Å². The molecule has 0 radical (unpaired) electrons. The van der Waals surface area contributed by atoms with Gasteiger partial charge in [-0.25, -0.2) is 4.79 Å². The maximum absolute atomic E-state index is 13.2. The highest BCUT2D eigenvalue weighted by molar-refractivity contribution is 5.97. The second-order valence-corrected chi connectivity index (χ2v) is 8.55. The molecule has 1 saturated heterocycles. The van der Waals surface area contributed by atoms with E-state index in [0.717, 1.165) is 37.9 Å². The Kier molecular flexibility index (Phi) is 5.63. The van der Waals surface area contributed by atoms with Gasteiger partial charge in [0.2, 0.25) is 0 Å². The molecular weight excluding hydrogens is 400 g/mol. The number of piperidine rings is 1. The van der Waals surface area contributed by atoms with Gasteiger partial charge in [-0.15, -0.1) is 0 Å². The maximum atomic E-state index is 13.2. The van der Waals surface area contributed by atoms with E-state index in [9.17, 15) is 9.59 Å². The number of likely N-dealkylation sites (tertiary alicyclic amines) is 1. The van der Waals surface area contributed by atoms with Gasteiger partial charge in [0.05, 0.1) is 12.1 Å². The van der Waals surface area contributed by atoms with Crippen molar-refractivity contribution in [1.29, 1.82) is 0 Å². The fourth-order valence-corrected chi connectivity index (χ4v) is 4.58. The van der Waals surface area contributed by atoms with Crippen LogP contribution in [0.25, 0.3) is 11.1 Å². The molecule has 0 unspecified atom stereocenters. The van der Waals surface area contributed by atoms with Crippen LogP contribution in [-0.4, -0.2) is 28.5 Å². The molecule has 2 heterocycles. The van der Waals surface area contributed by atoms with Gasteiger partial charge in [-0.2, -0.15) is 0 Å². The van der Waals surface area contributed by atoms with Crippen LogP contribution < -0.4 is 5.76 Å². The van der Waals surface area contributed by atoms with Crippen LogP contribution in [0, 0.1) is 5.92 Å². The van der Waals surface area contributed by atoms with Crippen molar-refractivity contribution in [3.8, 4) is 0 Å². The zero-order valence-corrected chi connectivity index (χ0v) is 17.9. The number of carbonyl (C=O) groups is 1. The molecule has 162 valence electrons. The summed E-state index contributed by atoms with van der Waals surface area (Å²) in [5.41, 5.74) is 4.13. The molecule has 0 atom stereocenters. The summed E-state index contributed by atoms with van der Waals surface area (Å²) in [6.45, 7) is 1.93. The summed E-state index contributed by atoms with van der Waals surface area (Å²) in [5, 5.41) is 0. The minimum atomic E-state index is -0.407. The number of nitrogens with zero attached hydrogens (tertiary/aromatic N) is 2. The Balaban J connectivity index is 1.31. The number of hydrogen-bond acceptors (Lipinski definition) is 3. The lowest BCUT2D eigenvalue weighted by molar-refractivity contribution is 0.0690. The normalized spacial score (nSPS) is 14.7. The monoisotopic (exact) mass is 426 g/mol. The number of oxazole rings is 1. The van der Waals surface area contributed by atoms with Crippen LogP contribution in [0.15, 0.2) is 88.1 Å². The molecule has 0 spiro atoms. The first-order valence-corrected chi connectivity index (χ1v) is 11.2. The summed E-state index contributed by atoms with van der Waals surface area (Å²) in [5.74, 6) is 0.217. The van der Waals surface area contributed by atoms with Crippen LogP contribution in [0.2, 0.25) is 0 Å². The molecule has 5 nitrogen and oxygen atoms in total. The molecule has 1 aromatic heterocycles. The smallest absolute Gasteiger partial charge is 0.408 e. The molecule has 32 heavy (non-hydrogen) atoms. The molecule has 0 N–H and O–H groups in total. The van der Waals surface area contributed by atoms with E-state index in [4.69, 9.17) is 4.42 Å². The van der Waals surface area contributed by atoms with Crippen molar-refractivity contribution < 1.29 is 9.21 Å². The molecule has 0 bridgehead atoms. The first-order valence-electron chi connectivity index (χ1n) is 11.2.